The first kappa shape index (κ1) is 22.0. The van der Waals surface area contributed by atoms with Crippen molar-refractivity contribution in [3.8, 4) is 5.75 Å². The smallest absolute Gasteiger partial charge is 0.307 e. The summed E-state index contributed by atoms with van der Waals surface area (Å²) in [7, 11) is 0. The zero-order chi connectivity index (χ0) is 19.4. The molecule has 1 amide bonds. The van der Waals surface area contributed by atoms with Crippen molar-refractivity contribution < 1.29 is 19.1 Å². The van der Waals surface area contributed by atoms with E-state index < -0.39 is 0 Å². The minimum Gasteiger partial charge on any atom is -0.483 e. The molecule has 0 N–H and O–H groups in total. The molecule has 26 heavy (non-hydrogen) atoms. The first-order valence-corrected chi connectivity index (χ1v) is 9.62. The average Bonchev–Trinajstić information content (AvgIpc) is 2.60. The molecular weight excluding hydrogens is 330 g/mol. The Morgan fingerprint density at radius 1 is 1.00 bits per heavy atom. The van der Waals surface area contributed by atoms with Crippen LogP contribution in [0.1, 0.15) is 57.1 Å². The van der Waals surface area contributed by atoms with Crippen molar-refractivity contribution in [2.24, 2.45) is 0 Å². The molecule has 0 aliphatic heterocycles. The molecule has 1 aromatic carbocycles. The molecule has 0 heterocycles. The summed E-state index contributed by atoms with van der Waals surface area (Å²) in [6.45, 7) is 9.24. The van der Waals surface area contributed by atoms with E-state index in [4.69, 9.17) is 9.47 Å². The topological polar surface area (TPSA) is 55.8 Å². The van der Waals surface area contributed by atoms with E-state index in [-0.39, 0.29) is 24.9 Å². The number of esters is 1. The summed E-state index contributed by atoms with van der Waals surface area (Å²) in [6.07, 6.45) is 4.53. The fourth-order valence-electron chi connectivity index (χ4n) is 2.80. The molecule has 0 aliphatic carbocycles. The van der Waals surface area contributed by atoms with E-state index in [0.29, 0.717) is 19.7 Å². The van der Waals surface area contributed by atoms with Crippen LogP contribution >= 0.6 is 0 Å². The number of nitrogens with zero attached hydrogens (tertiary/aromatic N) is 1. The van der Waals surface area contributed by atoms with Crippen molar-refractivity contribution >= 4 is 11.9 Å². The van der Waals surface area contributed by atoms with Crippen LogP contribution in [0.15, 0.2) is 18.2 Å². The van der Waals surface area contributed by atoms with Crippen molar-refractivity contribution in [3.63, 3.8) is 0 Å². The predicted octanol–water partition coefficient (Wildman–Crippen LogP) is 4.04. The van der Waals surface area contributed by atoms with Crippen LogP contribution < -0.4 is 4.74 Å². The van der Waals surface area contributed by atoms with E-state index in [1.807, 2.05) is 32.0 Å². The quantitative estimate of drug-likeness (QED) is 0.415. The molecule has 0 atom stereocenters. The van der Waals surface area contributed by atoms with Gasteiger partial charge in [-0.3, -0.25) is 9.59 Å². The first-order valence-electron chi connectivity index (χ1n) is 9.62. The predicted molar refractivity (Wildman–Crippen MR) is 103 cm³/mol. The molecule has 0 bridgehead atoms. The van der Waals surface area contributed by atoms with Gasteiger partial charge in [-0.1, -0.05) is 44.4 Å². The van der Waals surface area contributed by atoms with Gasteiger partial charge in [0.1, 0.15) is 5.75 Å². The van der Waals surface area contributed by atoms with E-state index in [2.05, 4.69) is 6.92 Å². The Balaban J connectivity index is 2.61. The maximum absolute atomic E-state index is 12.6. The number of carbonyl (C=O) groups excluding carboxylic acids is 2. The molecule has 0 aliphatic rings. The fourth-order valence-corrected chi connectivity index (χ4v) is 2.80. The number of amides is 1. The van der Waals surface area contributed by atoms with Gasteiger partial charge in [0.15, 0.2) is 6.61 Å². The number of hydrogen-bond donors (Lipinski definition) is 0. The van der Waals surface area contributed by atoms with Gasteiger partial charge in [0, 0.05) is 13.1 Å². The third-order valence-corrected chi connectivity index (χ3v) is 4.27. The molecule has 1 aromatic rings. The number of aryl methyl sites for hydroxylation is 2. The number of unbranched alkanes of at least 4 members (excludes halogenated alkanes) is 3. The SMILES string of the molecule is CCCCCCN(CCC(=O)OCC)C(=O)COc1c(C)cccc1C. The highest BCUT2D eigenvalue weighted by Crippen LogP contribution is 2.22. The van der Waals surface area contributed by atoms with E-state index in [9.17, 15) is 9.59 Å². The summed E-state index contributed by atoms with van der Waals surface area (Å²) in [5, 5.41) is 0. The van der Waals surface area contributed by atoms with Gasteiger partial charge in [-0.05, 0) is 38.3 Å². The van der Waals surface area contributed by atoms with Crippen molar-refractivity contribution in [1.82, 2.24) is 4.90 Å². The highest BCUT2D eigenvalue weighted by molar-refractivity contribution is 5.78. The average molecular weight is 363 g/mol. The summed E-state index contributed by atoms with van der Waals surface area (Å²) in [5.41, 5.74) is 2.03. The molecule has 0 saturated carbocycles. The molecule has 0 fully saturated rings. The molecule has 146 valence electrons. The lowest BCUT2D eigenvalue weighted by molar-refractivity contribution is -0.144. The first-order chi connectivity index (χ1) is 12.5. The minimum atomic E-state index is -0.269. The second-order valence-corrected chi connectivity index (χ2v) is 6.51. The summed E-state index contributed by atoms with van der Waals surface area (Å²) in [5.74, 6) is 0.403. The normalized spacial score (nSPS) is 10.5. The molecule has 0 spiro atoms. The number of benzene rings is 1. The van der Waals surface area contributed by atoms with Gasteiger partial charge < -0.3 is 14.4 Å². The zero-order valence-electron chi connectivity index (χ0n) is 16.7. The molecule has 1 rings (SSSR count). The monoisotopic (exact) mass is 363 g/mol. The van der Waals surface area contributed by atoms with Crippen LogP contribution in [0.25, 0.3) is 0 Å². The van der Waals surface area contributed by atoms with Crippen LogP contribution in [0.2, 0.25) is 0 Å². The van der Waals surface area contributed by atoms with E-state index in [1.54, 1.807) is 11.8 Å². The molecule has 5 heteroatoms. The molecular formula is C21H33NO4. The van der Waals surface area contributed by atoms with Crippen molar-refractivity contribution in [3.05, 3.63) is 29.3 Å². The van der Waals surface area contributed by atoms with Gasteiger partial charge in [-0.15, -0.1) is 0 Å². The summed E-state index contributed by atoms with van der Waals surface area (Å²) >= 11 is 0. The van der Waals surface area contributed by atoms with Gasteiger partial charge >= 0.3 is 5.97 Å². The summed E-state index contributed by atoms with van der Waals surface area (Å²) < 4.78 is 10.8. The number of ether oxygens (including phenoxy) is 2. The van der Waals surface area contributed by atoms with Crippen molar-refractivity contribution in [2.75, 3.05) is 26.3 Å². The number of carbonyl (C=O) groups is 2. The fraction of sp³-hybridized carbons (Fsp3) is 0.619. The lowest BCUT2D eigenvalue weighted by atomic mass is 10.1. The van der Waals surface area contributed by atoms with Gasteiger partial charge in [0.2, 0.25) is 0 Å². The maximum Gasteiger partial charge on any atom is 0.307 e. The van der Waals surface area contributed by atoms with Crippen LogP contribution in [0.3, 0.4) is 0 Å². The Hall–Kier alpha value is -2.04. The van der Waals surface area contributed by atoms with E-state index in [0.717, 1.165) is 42.6 Å². The van der Waals surface area contributed by atoms with Gasteiger partial charge in [0.05, 0.1) is 13.0 Å². The lowest BCUT2D eigenvalue weighted by Gasteiger charge is -2.23. The third-order valence-electron chi connectivity index (χ3n) is 4.27. The van der Waals surface area contributed by atoms with Crippen LogP contribution in [0.5, 0.6) is 5.75 Å². The lowest BCUT2D eigenvalue weighted by Crippen LogP contribution is -2.37. The number of rotatable bonds is 12. The van der Waals surface area contributed by atoms with Gasteiger partial charge in [-0.25, -0.2) is 0 Å². The Morgan fingerprint density at radius 3 is 2.31 bits per heavy atom. The molecule has 0 radical (unpaired) electrons. The second-order valence-electron chi connectivity index (χ2n) is 6.51. The number of hydrogen-bond acceptors (Lipinski definition) is 4. The Morgan fingerprint density at radius 2 is 1.69 bits per heavy atom. The second kappa shape index (κ2) is 12.3. The Labute approximate surface area is 157 Å². The van der Waals surface area contributed by atoms with E-state index in [1.165, 1.54) is 0 Å². The van der Waals surface area contributed by atoms with Crippen LogP contribution in [-0.2, 0) is 14.3 Å². The largest absolute Gasteiger partial charge is 0.483 e. The van der Waals surface area contributed by atoms with Crippen LogP contribution in [0.4, 0.5) is 0 Å². The van der Waals surface area contributed by atoms with Gasteiger partial charge in [-0.2, -0.15) is 0 Å². The molecule has 0 aromatic heterocycles. The Bertz CT molecular complexity index is 551. The van der Waals surface area contributed by atoms with Gasteiger partial charge in [0.25, 0.3) is 5.91 Å². The van der Waals surface area contributed by atoms with Crippen molar-refractivity contribution in [1.29, 1.82) is 0 Å². The highest BCUT2D eigenvalue weighted by atomic mass is 16.5. The number of para-hydroxylation sites is 1. The maximum atomic E-state index is 12.6. The molecule has 0 saturated heterocycles. The standard InChI is InChI=1S/C21H33NO4/c1-5-7-8-9-14-22(15-13-20(24)25-6-2)19(23)16-26-21-17(3)11-10-12-18(21)4/h10-12H,5-9,13-16H2,1-4H3. The minimum absolute atomic E-state index is 0.0116. The van der Waals surface area contributed by atoms with Crippen LogP contribution in [-0.4, -0.2) is 43.1 Å². The Kier molecular flexibility index (Phi) is 10.4. The van der Waals surface area contributed by atoms with E-state index >= 15 is 0 Å². The molecule has 5 nitrogen and oxygen atoms in total. The zero-order valence-corrected chi connectivity index (χ0v) is 16.7. The highest BCUT2D eigenvalue weighted by Gasteiger charge is 2.17. The summed E-state index contributed by atoms with van der Waals surface area (Å²) in [6, 6.07) is 5.91. The van der Waals surface area contributed by atoms with Crippen molar-refractivity contribution in [2.45, 2.75) is 59.8 Å². The summed E-state index contributed by atoms with van der Waals surface area (Å²) in [4.78, 5) is 26.0. The molecule has 0 unspecified atom stereocenters. The third kappa shape index (κ3) is 7.89. The van der Waals surface area contributed by atoms with Crippen LogP contribution in [0, 0.1) is 13.8 Å².